The van der Waals surface area contributed by atoms with Gasteiger partial charge in [0.2, 0.25) is 6.08 Å². The quantitative estimate of drug-likeness (QED) is 0.600. The number of isocyanates is 1. The van der Waals surface area contributed by atoms with Gasteiger partial charge in [-0.15, -0.1) is 0 Å². The van der Waals surface area contributed by atoms with Crippen molar-refractivity contribution in [2.75, 3.05) is 7.11 Å². The number of halogens is 2. The maximum Gasteiger partial charge on any atom is 0.235 e. The van der Waals surface area contributed by atoms with Gasteiger partial charge in [-0.2, -0.15) is 4.99 Å². The number of hydrogen-bond donors (Lipinski definition) is 0. The number of carbonyl (C=O) groups excluding carboxylic acids is 1. The van der Waals surface area contributed by atoms with Gasteiger partial charge in [-0.3, -0.25) is 0 Å². The van der Waals surface area contributed by atoms with Gasteiger partial charge in [-0.25, -0.2) is 13.6 Å². The van der Waals surface area contributed by atoms with E-state index < -0.39 is 17.2 Å². The van der Waals surface area contributed by atoms with Crippen LogP contribution in [0.15, 0.2) is 17.1 Å². The van der Waals surface area contributed by atoms with E-state index >= 15 is 0 Å². The lowest BCUT2D eigenvalue weighted by Gasteiger charge is -2.37. The Bertz CT molecular complexity index is 492. The molecule has 1 fully saturated rings. The molecule has 0 radical (unpaired) electrons. The highest BCUT2D eigenvalue weighted by molar-refractivity contribution is 5.42. The first-order valence-corrected chi connectivity index (χ1v) is 5.25. The molecule has 3 nitrogen and oxygen atoms in total. The lowest BCUT2D eigenvalue weighted by molar-refractivity contribution is 0.245. The summed E-state index contributed by atoms with van der Waals surface area (Å²) >= 11 is 0. The highest BCUT2D eigenvalue weighted by Gasteiger charge is 2.41. The van der Waals surface area contributed by atoms with Gasteiger partial charge in [0, 0.05) is 11.6 Å². The molecule has 0 N–H and O–H groups in total. The van der Waals surface area contributed by atoms with Crippen molar-refractivity contribution in [2.45, 2.75) is 24.8 Å². The minimum absolute atomic E-state index is 0.102. The summed E-state index contributed by atoms with van der Waals surface area (Å²) in [5.41, 5.74) is -0.829. The summed E-state index contributed by atoms with van der Waals surface area (Å²) < 4.78 is 32.0. The Balaban J connectivity index is 2.52. The molecule has 5 heteroatoms. The van der Waals surface area contributed by atoms with E-state index in [1.807, 2.05) is 0 Å². The molecule has 1 aliphatic rings. The molecule has 1 saturated carbocycles. The number of hydrogen-bond acceptors (Lipinski definition) is 3. The minimum Gasteiger partial charge on any atom is -0.494 e. The first-order chi connectivity index (χ1) is 8.13. The molecule has 17 heavy (non-hydrogen) atoms. The summed E-state index contributed by atoms with van der Waals surface area (Å²) in [6.07, 6.45) is 3.34. The standard InChI is InChI=1S/C12H11F2NO2/c1-17-11-6-9(13)8(5-10(11)14)12(15-7-16)3-2-4-12/h5-6H,2-4H2,1H3. The molecule has 2 rings (SSSR count). The van der Waals surface area contributed by atoms with Gasteiger partial charge in [0.05, 0.1) is 7.11 Å². The molecule has 0 aliphatic heterocycles. The summed E-state index contributed by atoms with van der Waals surface area (Å²) in [6.45, 7) is 0. The van der Waals surface area contributed by atoms with E-state index in [9.17, 15) is 13.6 Å². The Morgan fingerprint density at radius 2 is 2.06 bits per heavy atom. The summed E-state index contributed by atoms with van der Waals surface area (Å²) in [4.78, 5) is 14.0. The van der Waals surface area contributed by atoms with E-state index in [0.717, 1.165) is 18.6 Å². The van der Waals surface area contributed by atoms with Crippen molar-refractivity contribution in [1.29, 1.82) is 0 Å². The molecule has 1 aliphatic carbocycles. The molecule has 0 heterocycles. The van der Waals surface area contributed by atoms with Crippen LogP contribution < -0.4 is 4.74 Å². The molecule has 1 aromatic carbocycles. The fourth-order valence-electron chi connectivity index (χ4n) is 2.08. The zero-order chi connectivity index (χ0) is 12.5. The van der Waals surface area contributed by atoms with Gasteiger partial charge in [-0.1, -0.05) is 0 Å². The van der Waals surface area contributed by atoms with Gasteiger partial charge < -0.3 is 4.74 Å². The van der Waals surface area contributed by atoms with Gasteiger partial charge in [0.25, 0.3) is 0 Å². The Morgan fingerprint density at radius 3 is 2.53 bits per heavy atom. The van der Waals surface area contributed by atoms with Gasteiger partial charge in [0.15, 0.2) is 11.6 Å². The van der Waals surface area contributed by atoms with E-state index in [0.29, 0.717) is 12.8 Å². The molecule has 0 spiro atoms. The number of methoxy groups -OCH3 is 1. The second kappa shape index (κ2) is 4.26. The second-order valence-corrected chi connectivity index (χ2v) is 4.05. The van der Waals surface area contributed by atoms with Crippen LogP contribution in [-0.2, 0) is 10.3 Å². The third-order valence-electron chi connectivity index (χ3n) is 3.18. The molecule has 0 aromatic heterocycles. The molecule has 1 aromatic rings. The number of ether oxygens (including phenoxy) is 1. The van der Waals surface area contributed by atoms with Crippen LogP contribution in [0.4, 0.5) is 8.78 Å². The van der Waals surface area contributed by atoms with Crippen LogP contribution in [0.2, 0.25) is 0 Å². The fourth-order valence-corrected chi connectivity index (χ4v) is 2.08. The number of rotatable bonds is 3. The third-order valence-corrected chi connectivity index (χ3v) is 3.18. The Hall–Kier alpha value is -1.74. The molecule has 0 saturated heterocycles. The molecular weight excluding hydrogens is 228 g/mol. The normalized spacial score (nSPS) is 16.9. The van der Waals surface area contributed by atoms with Crippen LogP contribution in [0.1, 0.15) is 24.8 Å². The van der Waals surface area contributed by atoms with Gasteiger partial charge >= 0.3 is 0 Å². The van der Waals surface area contributed by atoms with Crippen molar-refractivity contribution < 1.29 is 18.3 Å². The fraction of sp³-hybridized carbons (Fsp3) is 0.417. The van der Waals surface area contributed by atoms with Crippen LogP contribution in [0, 0.1) is 11.6 Å². The molecule has 90 valence electrons. The largest absolute Gasteiger partial charge is 0.494 e. The van der Waals surface area contributed by atoms with Gasteiger partial charge in [0.1, 0.15) is 11.4 Å². The van der Waals surface area contributed by atoms with E-state index in [1.165, 1.54) is 13.2 Å². The van der Waals surface area contributed by atoms with E-state index in [1.54, 1.807) is 0 Å². The van der Waals surface area contributed by atoms with Crippen molar-refractivity contribution in [1.82, 2.24) is 0 Å². The Morgan fingerprint density at radius 1 is 1.35 bits per heavy atom. The van der Waals surface area contributed by atoms with Crippen molar-refractivity contribution in [3.05, 3.63) is 29.3 Å². The molecule has 0 amide bonds. The summed E-state index contributed by atoms with van der Waals surface area (Å²) in [5.74, 6) is -1.42. The smallest absolute Gasteiger partial charge is 0.235 e. The summed E-state index contributed by atoms with van der Waals surface area (Å²) in [6, 6.07) is 2.03. The maximum atomic E-state index is 13.8. The van der Waals surface area contributed by atoms with Crippen molar-refractivity contribution >= 4 is 6.08 Å². The average molecular weight is 239 g/mol. The first kappa shape index (κ1) is 11.7. The summed E-state index contributed by atoms with van der Waals surface area (Å²) in [7, 11) is 1.26. The lowest BCUT2D eigenvalue weighted by atomic mass is 9.72. The van der Waals surface area contributed by atoms with Crippen molar-refractivity contribution in [2.24, 2.45) is 4.99 Å². The van der Waals surface area contributed by atoms with Crippen LogP contribution in [0.3, 0.4) is 0 Å². The summed E-state index contributed by atoms with van der Waals surface area (Å²) in [5, 5.41) is 0. The number of aliphatic imine (C=N–C) groups is 1. The lowest BCUT2D eigenvalue weighted by Crippen LogP contribution is -2.33. The van der Waals surface area contributed by atoms with E-state index in [2.05, 4.69) is 9.73 Å². The van der Waals surface area contributed by atoms with Crippen LogP contribution >= 0.6 is 0 Å². The highest BCUT2D eigenvalue weighted by Crippen LogP contribution is 2.46. The van der Waals surface area contributed by atoms with Crippen LogP contribution in [0.5, 0.6) is 5.75 Å². The molecule has 0 unspecified atom stereocenters. The van der Waals surface area contributed by atoms with E-state index in [4.69, 9.17) is 0 Å². The number of benzene rings is 1. The molecule has 0 bridgehead atoms. The zero-order valence-corrected chi connectivity index (χ0v) is 9.30. The molecular formula is C12H11F2NO2. The van der Waals surface area contributed by atoms with Crippen LogP contribution in [0.25, 0.3) is 0 Å². The SMILES string of the molecule is COc1cc(F)c(C2(N=C=O)CCC2)cc1F. The monoisotopic (exact) mass is 239 g/mol. The maximum absolute atomic E-state index is 13.8. The first-order valence-electron chi connectivity index (χ1n) is 5.25. The van der Waals surface area contributed by atoms with Crippen molar-refractivity contribution in [3.63, 3.8) is 0 Å². The van der Waals surface area contributed by atoms with Crippen LogP contribution in [-0.4, -0.2) is 13.2 Å². The van der Waals surface area contributed by atoms with Crippen molar-refractivity contribution in [3.8, 4) is 5.75 Å². The predicted molar refractivity (Wildman–Crippen MR) is 56.6 cm³/mol. The zero-order valence-electron chi connectivity index (χ0n) is 9.30. The highest BCUT2D eigenvalue weighted by atomic mass is 19.1. The Kier molecular flexibility index (Phi) is 2.94. The Labute approximate surface area is 97.1 Å². The molecule has 0 atom stereocenters. The van der Waals surface area contributed by atoms with E-state index in [-0.39, 0.29) is 11.3 Å². The topological polar surface area (TPSA) is 38.7 Å². The number of nitrogens with zero attached hydrogens (tertiary/aromatic N) is 1. The van der Waals surface area contributed by atoms with Gasteiger partial charge in [-0.05, 0) is 25.3 Å². The third kappa shape index (κ3) is 1.83. The minimum atomic E-state index is -0.932. The predicted octanol–water partition coefficient (Wildman–Crippen LogP) is 2.69. The second-order valence-electron chi connectivity index (χ2n) is 4.05. The average Bonchev–Trinajstić information content (AvgIpc) is 2.26.